The molecule has 0 amide bonds. The molecule has 7 aromatic carbocycles. The van der Waals surface area contributed by atoms with Gasteiger partial charge in [0, 0.05) is 11.1 Å². The van der Waals surface area contributed by atoms with Crippen LogP contribution in [-0.2, 0) is 5.41 Å². The van der Waals surface area contributed by atoms with Crippen molar-refractivity contribution in [2.24, 2.45) is 0 Å². The average Bonchev–Trinajstić information content (AvgIpc) is 3.39. The van der Waals surface area contributed by atoms with Gasteiger partial charge < -0.3 is 9.32 Å². The van der Waals surface area contributed by atoms with Gasteiger partial charge in [-0.1, -0.05) is 115 Å². The summed E-state index contributed by atoms with van der Waals surface area (Å²) in [5, 5.41) is 3.49. The summed E-state index contributed by atoms with van der Waals surface area (Å²) in [6, 6.07) is 53.2. The van der Waals surface area contributed by atoms with Crippen molar-refractivity contribution in [3.8, 4) is 11.1 Å². The largest absolute Gasteiger partial charge is 0.456 e. The molecule has 2 heterocycles. The van der Waals surface area contributed by atoms with Crippen LogP contribution in [-0.4, -0.2) is 0 Å². The highest BCUT2D eigenvalue weighted by Gasteiger charge is 2.51. The first-order chi connectivity index (χ1) is 22.2. The molecule has 8 aromatic rings. The van der Waals surface area contributed by atoms with Gasteiger partial charge in [0.1, 0.15) is 11.2 Å². The number of rotatable bonds is 1. The Morgan fingerprint density at radius 2 is 1.11 bits per heavy atom. The van der Waals surface area contributed by atoms with E-state index in [0.29, 0.717) is 21.9 Å². The summed E-state index contributed by atoms with van der Waals surface area (Å²) in [7, 11) is 0. The van der Waals surface area contributed by atoms with E-state index in [1.165, 1.54) is 38.8 Å². The molecule has 0 radical (unpaired) electrons. The normalized spacial score (nSPS) is 14.0. The van der Waals surface area contributed by atoms with E-state index in [-0.39, 0.29) is 5.43 Å². The fourth-order valence-corrected chi connectivity index (χ4v) is 8.06. The molecule has 0 unspecified atom stereocenters. The molecule has 2 aliphatic rings. The van der Waals surface area contributed by atoms with Crippen LogP contribution in [0.2, 0.25) is 0 Å². The van der Waals surface area contributed by atoms with Crippen LogP contribution >= 0.6 is 0 Å². The number of nitrogens with zero attached hydrogens (tertiary/aromatic N) is 1. The third kappa shape index (κ3) is 3.07. The minimum atomic E-state index is -0.508. The second kappa shape index (κ2) is 8.81. The van der Waals surface area contributed by atoms with Crippen LogP contribution in [0.25, 0.3) is 43.8 Å². The van der Waals surface area contributed by atoms with Crippen LogP contribution < -0.4 is 10.3 Å². The predicted molar refractivity (Wildman–Crippen MR) is 183 cm³/mol. The smallest absolute Gasteiger partial charge is 0.200 e. The highest BCUT2D eigenvalue weighted by atomic mass is 16.3. The van der Waals surface area contributed by atoms with Gasteiger partial charge in [0.25, 0.3) is 0 Å². The summed E-state index contributed by atoms with van der Waals surface area (Å²) in [4.78, 5) is 16.2. The lowest BCUT2D eigenvalue weighted by Gasteiger charge is -2.45. The van der Waals surface area contributed by atoms with E-state index in [9.17, 15) is 4.79 Å². The molecule has 1 aliphatic carbocycles. The first-order valence-electron chi connectivity index (χ1n) is 15.3. The molecule has 10 rings (SSSR count). The van der Waals surface area contributed by atoms with Crippen LogP contribution in [0.1, 0.15) is 22.3 Å². The van der Waals surface area contributed by atoms with E-state index in [0.717, 1.165) is 22.4 Å². The fraction of sp³-hybridized carbons (Fsp3) is 0.0238. The Balaban J connectivity index is 1.36. The second-order valence-electron chi connectivity index (χ2n) is 12.0. The molecular formula is C42H25NO2. The Kier molecular flexibility index (Phi) is 4.80. The number of hydrogen-bond donors (Lipinski definition) is 0. The van der Waals surface area contributed by atoms with Crippen LogP contribution in [0.3, 0.4) is 0 Å². The molecule has 45 heavy (non-hydrogen) atoms. The van der Waals surface area contributed by atoms with E-state index in [4.69, 9.17) is 4.42 Å². The van der Waals surface area contributed by atoms with Crippen molar-refractivity contribution in [3.05, 3.63) is 184 Å². The monoisotopic (exact) mass is 575 g/mol. The maximum atomic E-state index is 13.8. The van der Waals surface area contributed by atoms with Gasteiger partial charge in [-0.2, -0.15) is 0 Å². The summed E-state index contributed by atoms with van der Waals surface area (Å²) in [5.41, 5.74) is 11.4. The Hall–Kier alpha value is -5.93. The standard InChI is InChI=1S/C42H25NO2/c44-41-31-15-5-10-20-38(31)45-39-24-22-27(25-32(39)41)43-37-19-9-8-18-35(37)42(36-23-21-26-11-1-2-12-28(26)40(36)43)33-16-6-3-13-29(33)30-14-4-7-17-34(30)42/h1-25H. The second-order valence-corrected chi connectivity index (χ2v) is 12.0. The van der Waals surface area contributed by atoms with Gasteiger partial charge in [0.15, 0.2) is 0 Å². The molecule has 3 nitrogen and oxygen atoms in total. The predicted octanol–water partition coefficient (Wildman–Crippen LogP) is 10.2. The Bertz CT molecular complexity index is 2550. The highest BCUT2D eigenvalue weighted by Crippen LogP contribution is 2.64. The van der Waals surface area contributed by atoms with Gasteiger partial charge >= 0.3 is 0 Å². The number of para-hydroxylation sites is 2. The Morgan fingerprint density at radius 3 is 1.91 bits per heavy atom. The van der Waals surface area contributed by atoms with Gasteiger partial charge in [0.05, 0.1) is 27.6 Å². The maximum Gasteiger partial charge on any atom is 0.200 e. The van der Waals surface area contributed by atoms with Crippen molar-refractivity contribution in [2.75, 3.05) is 4.90 Å². The minimum absolute atomic E-state index is 0.0211. The van der Waals surface area contributed by atoms with Crippen molar-refractivity contribution in [2.45, 2.75) is 5.41 Å². The zero-order valence-electron chi connectivity index (χ0n) is 24.2. The Morgan fingerprint density at radius 1 is 0.489 bits per heavy atom. The Labute approximate surface area is 259 Å². The molecular weight excluding hydrogens is 550 g/mol. The minimum Gasteiger partial charge on any atom is -0.456 e. The van der Waals surface area contributed by atoms with Gasteiger partial charge in [-0.3, -0.25) is 4.79 Å². The van der Waals surface area contributed by atoms with E-state index < -0.39 is 5.41 Å². The van der Waals surface area contributed by atoms with Crippen LogP contribution in [0.15, 0.2) is 161 Å². The zero-order valence-corrected chi connectivity index (χ0v) is 24.2. The van der Waals surface area contributed by atoms with Gasteiger partial charge in [-0.15, -0.1) is 0 Å². The maximum absolute atomic E-state index is 13.8. The van der Waals surface area contributed by atoms with Crippen LogP contribution in [0.5, 0.6) is 0 Å². The number of hydrogen-bond acceptors (Lipinski definition) is 3. The molecule has 210 valence electrons. The summed E-state index contributed by atoms with van der Waals surface area (Å²) in [6.45, 7) is 0. The summed E-state index contributed by atoms with van der Waals surface area (Å²) in [5.74, 6) is 0. The van der Waals surface area contributed by atoms with Crippen LogP contribution in [0.4, 0.5) is 17.1 Å². The molecule has 0 N–H and O–H groups in total. The van der Waals surface area contributed by atoms with E-state index >= 15 is 0 Å². The van der Waals surface area contributed by atoms with E-state index in [2.05, 4.69) is 120 Å². The third-order valence-electron chi connectivity index (χ3n) is 9.85. The summed E-state index contributed by atoms with van der Waals surface area (Å²) < 4.78 is 6.21. The van der Waals surface area contributed by atoms with Crippen molar-refractivity contribution in [3.63, 3.8) is 0 Å². The first kappa shape index (κ1) is 24.5. The van der Waals surface area contributed by atoms with Gasteiger partial charge in [0.2, 0.25) is 5.43 Å². The number of fused-ring (bicyclic) bond motifs is 13. The molecule has 3 heteroatoms. The summed E-state index contributed by atoms with van der Waals surface area (Å²) >= 11 is 0. The molecule has 0 bridgehead atoms. The van der Waals surface area contributed by atoms with E-state index in [1.54, 1.807) is 0 Å². The van der Waals surface area contributed by atoms with Crippen molar-refractivity contribution in [1.82, 2.24) is 0 Å². The molecule has 0 fully saturated rings. The molecule has 1 aromatic heterocycles. The number of anilines is 3. The van der Waals surface area contributed by atoms with Crippen molar-refractivity contribution in [1.29, 1.82) is 0 Å². The molecule has 0 saturated carbocycles. The number of benzene rings is 7. The summed E-state index contributed by atoms with van der Waals surface area (Å²) in [6.07, 6.45) is 0. The fourth-order valence-electron chi connectivity index (χ4n) is 8.06. The average molecular weight is 576 g/mol. The van der Waals surface area contributed by atoms with Crippen LogP contribution in [0, 0.1) is 0 Å². The van der Waals surface area contributed by atoms with E-state index in [1.807, 2.05) is 36.4 Å². The lowest BCUT2D eigenvalue weighted by atomic mass is 9.64. The van der Waals surface area contributed by atoms with Gasteiger partial charge in [-0.05, 0) is 75.2 Å². The molecule has 1 spiro atoms. The topological polar surface area (TPSA) is 33.5 Å². The zero-order chi connectivity index (χ0) is 29.7. The molecule has 1 aliphatic heterocycles. The van der Waals surface area contributed by atoms with Crippen molar-refractivity contribution >= 4 is 49.8 Å². The quantitative estimate of drug-likeness (QED) is 0.183. The van der Waals surface area contributed by atoms with Crippen molar-refractivity contribution < 1.29 is 4.42 Å². The molecule has 0 atom stereocenters. The molecule has 0 saturated heterocycles. The first-order valence-corrected chi connectivity index (χ1v) is 15.3. The lowest BCUT2D eigenvalue weighted by molar-refractivity contribution is 0.660. The van der Waals surface area contributed by atoms with Gasteiger partial charge in [-0.25, -0.2) is 0 Å². The SMILES string of the molecule is O=c1c2ccccc2oc2ccc(N3c4ccccc4C4(c5ccccc5-c5ccccc54)c4ccc5ccccc5c43)cc12. The lowest BCUT2D eigenvalue weighted by Crippen LogP contribution is -2.36. The third-order valence-corrected chi connectivity index (χ3v) is 9.85. The highest BCUT2D eigenvalue weighted by molar-refractivity contribution is 6.07.